The summed E-state index contributed by atoms with van der Waals surface area (Å²) in [6, 6.07) is 8.35. The summed E-state index contributed by atoms with van der Waals surface area (Å²) in [5.41, 5.74) is 2.55. The van der Waals surface area contributed by atoms with E-state index in [1.165, 1.54) is 17.4 Å². The Labute approximate surface area is 120 Å². The molecule has 0 bridgehead atoms. The van der Waals surface area contributed by atoms with Gasteiger partial charge in [-0.1, -0.05) is 43.0 Å². The molecule has 1 amide bonds. The van der Waals surface area contributed by atoms with Crippen LogP contribution in [0.3, 0.4) is 0 Å². The summed E-state index contributed by atoms with van der Waals surface area (Å²) in [5, 5.41) is 0. The zero-order valence-electron chi connectivity index (χ0n) is 11.9. The molecule has 0 spiro atoms. The number of ether oxygens (including phenoxy) is 1. The molecule has 1 heterocycles. The zero-order chi connectivity index (χ0) is 14.4. The summed E-state index contributed by atoms with van der Waals surface area (Å²) in [6.45, 7) is 7.01. The van der Waals surface area contributed by atoms with E-state index < -0.39 is 0 Å². The molecular formula is C17H21NO2. The quantitative estimate of drug-likeness (QED) is 0.778. The Kier molecular flexibility index (Phi) is 4.99. The molecule has 106 valence electrons. The first kappa shape index (κ1) is 14.4. The van der Waals surface area contributed by atoms with Crippen molar-refractivity contribution in [1.29, 1.82) is 0 Å². The number of carbonyl (C=O) groups excluding carboxylic acids is 1. The first-order valence-corrected chi connectivity index (χ1v) is 7.01. The number of carbonyl (C=O) groups is 1. The number of aryl methyl sites for hydroxylation is 1. The van der Waals surface area contributed by atoms with Gasteiger partial charge >= 0.3 is 6.09 Å². The Morgan fingerprint density at radius 2 is 2.05 bits per heavy atom. The van der Waals surface area contributed by atoms with Gasteiger partial charge in [0, 0.05) is 13.1 Å². The number of nitrogens with zero attached hydrogens (tertiary/aromatic N) is 1. The number of piperidine rings is 1. The molecule has 1 aromatic rings. The second-order valence-electron chi connectivity index (χ2n) is 5.09. The van der Waals surface area contributed by atoms with Crippen molar-refractivity contribution in [2.24, 2.45) is 5.92 Å². The van der Waals surface area contributed by atoms with E-state index >= 15 is 0 Å². The van der Waals surface area contributed by atoms with Crippen LogP contribution in [0.4, 0.5) is 4.79 Å². The van der Waals surface area contributed by atoms with Gasteiger partial charge in [-0.25, -0.2) is 4.79 Å². The maximum atomic E-state index is 11.5. The van der Waals surface area contributed by atoms with E-state index in [0.717, 1.165) is 25.9 Å². The Bertz CT molecular complexity index is 499. The Morgan fingerprint density at radius 1 is 1.35 bits per heavy atom. The number of hydrogen-bond donors (Lipinski definition) is 0. The summed E-state index contributed by atoms with van der Waals surface area (Å²) in [7, 11) is 0. The number of benzene rings is 1. The molecule has 1 aliphatic heterocycles. The SMILES string of the molecule is C=COC(=O)N1CCC(/C=C/c2ccccc2C)CC1. The lowest BCUT2D eigenvalue weighted by molar-refractivity contribution is 0.122. The molecule has 20 heavy (non-hydrogen) atoms. The molecule has 0 saturated carbocycles. The molecule has 2 rings (SSSR count). The van der Waals surface area contributed by atoms with Crippen LogP contribution in [0.5, 0.6) is 0 Å². The lowest BCUT2D eigenvalue weighted by atomic mass is 9.95. The first-order chi connectivity index (χ1) is 9.70. The van der Waals surface area contributed by atoms with Crippen LogP contribution >= 0.6 is 0 Å². The minimum atomic E-state index is -0.290. The van der Waals surface area contributed by atoms with E-state index in [0.29, 0.717) is 5.92 Å². The monoisotopic (exact) mass is 271 g/mol. The fraction of sp³-hybridized carbons (Fsp3) is 0.353. The van der Waals surface area contributed by atoms with Gasteiger partial charge in [0.15, 0.2) is 0 Å². The average molecular weight is 271 g/mol. The van der Waals surface area contributed by atoms with Crippen LogP contribution in [0.2, 0.25) is 0 Å². The number of hydrogen-bond acceptors (Lipinski definition) is 2. The van der Waals surface area contributed by atoms with Crippen molar-refractivity contribution in [2.45, 2.75) is 19.8 Å². The van der Waals surface area contributed by atoms with Crippen LogP contribution in [-0.2, 0) is 4.74 Å². The molecule has 1 fully saturated rings. The summed E-state index contributed by atoms with van der Waals surface area (Å²) < 4.78 is 4.79. The Balaban J connectivity index is 1.87. The van der Waals surface area contributed by atoms with Gasteiger partial charge in [0.2, 0.25) is 0 Å². The highest BCUT2D eigenvalue weighted by Gasteiger charge is 2.21. The smallest absolute Gasteiger partial charge is 0.414 e. The van der Waals surface area contributed by atoms with E-state index in [1.807, 2.05) is 0 Å². The third-order valence-corrected chi connectivity index (χ3v) is 3.72. The second-order valence-corrected chi connectivity index (χ2v) is 5.09. The molecule has 1 aliphatic rings. The van der Waals surface area contributed by atoms with Gasteiger partial charge in [0.25, 0.3) is 0 Å². The lowest BCUT2D eigenvalue weighted by Crippen LogP contribution is -2.37. The van der Waals surface area contributed by atoms with Crippen molar-refractivity contribution in [1.82, 2.24) is 4.90 Å². The Morgan fingerprint density at radius 3 is 2.70 bits per heavy atom. The molecule has 3 heteroatoms. The molecule has 0 unspecified atom stereocenters. The van der Waals surface area contributed by atoms with Gasteiger partial charge in [-0.05, 0) is 36.8 Å². The summed E-state index contributed by atoms with van der Waals surface area (Å²) >= 11 is 0. The molecule has 3 nitrogen and oxygen atoms in total. The molecule has 0 radical (unpaired) electrons. The van der Waals surface area contributed by atoms with Gasteiger partial charge in [-0.15, -0.1) is 0 Å². The molecule has 0 N–H and O–H groups in total. The van der Waals surface area contributed by atoms with E-state index in [1.54, 1.807) is 4.90 Å². The number of allylic oxidation sites excluding steroid dienone is 1. The van der Waals surface area contributed by atoms with E-state index in [9.17, 15) is 4.79 Å². The third-order valence-electron chi connectivity index (χ3n) is 3.72. The van der Waals surface area contributed by atoms with Crippen molar-refractivity contribution in [3.63, 3.8) is 0 Å². The van der Waals surface area contributed by atoms with E-state index in [2.05, 4.69) is 49.9 Å². The number of likely N-dealkylation sites (tertiary alicyclic amines) is 1. The highest BCUT2D eigenvalue weighted by Crippen LogP contribution is 2.21. The van der Waals surface area contributed by atoms with Gasteiger partial charge in [0.1, 0.15) is 0 Å². The van der Waals surface area contributed by atoms with Gasteiger partial charge in [-0.2, -0.15) is 0 Å². The normalized spacial score (nSPS) is 16.4. The zero-order valence-corrected chi connectivity index (χ0v) is 11.9. The standard InChI is InChI=1S/C17H21NO2/c1-3-20-17(19)18-12-10-15(11-13-18)8-9-16-7-5-4-6-14(16)2/h3-9,15H,1,10-13H2,2H3/b9-8+. The second kappa shape index (κ2) is 6.94. The average Bonchev–Trinajstić information content (AvgIpc) is 2.47. The van der Waals surface area contributed by atoms with Crippen LogP contribution in [0.1, 0.15) is 24.0 Å². The summed E-state index contributed by atoms with van der Waals surface area (Å²) in [5.74, 6) is 0.530. The van der Waals surface area contributed by atoms with E-state index in [-0.39, 0.29) is 6.09 Å². The summed E-state index contributed by atoms with van der Waals surface area (Å²) in [6.07, 6.45) is 7.31. The van der Waals surface area contributed by atoms with Crippen LogP contribution < -0.4 is 0 Å². The number of amides is 1. The lowest BCUT2D eigenvalue weighted by Gasteiger charge is -2.29. The highest BCUT2D eigenvalue weighted by atomic mass is 16.5. The topological polar surface area (TPSA) is 29.5 Å². The van der Waals surface area contributed by atoms with Crippen molar-refractivity contribution in [3.05, 3.63) is 54.3 Å². The molecule has 0 atom stereocenters. The molecular weight excluding hydrogens is 250 g/mol. The fourth-order valence-corrected chi connectivity index (χ4v) is 2.43. The van der Waals surface area contributed by atoms with Crippen LogP contribution in [0.15, 0.2) is 43.2 Å². The van der Waals surface area contributed by atoms with Crippen molar-refractivity contribution < 1.29 is 9.53 Å². The highest BCUT2D eigenvalue weighted by molar-refractivity contribution is 5.68. The Hall–Kier alpha value is -2.03. The predicted octanol–water partition coefficient (Wildman–Crippen LogP) is 4.00. The largest absolute Gasteiger partial charge is 0.419 e. The van der Waals surface area contributed by atoms with E-state index in [4.69, 9.17) is 4.74 Å². The van der Waals surface area contributed by atoms with Crippen LogP contribution in [0.25, 0.3) is 6.08 Å². The molecule has 1 aromatic carbocycles. The number of rotatable bonds is 3. The maximum Gasteiger partial charge on any atom is 0.414 e. The summed E-state index contributed by atoms with van der Waals surface area (Å²) in [4.78, 5) is 13.3. The van der Waals surface area contributed by atoms with Gasteiger partial charge < -0.3 is 9.64 Å². The van der Waals surface area contributed by atoms with Crippen LogP contribution in [0, 0.1) is 12.8 Å². The molecule has 0 aliphatic carbocycles. The molecule has 0 aromatic heterocycles. The molecule has 1 saturated heterocycles. The predicted molar refractivity (Wildman–Crippen MR) is 81.2 cm³/mol. The van der Waals surface area contributed by atoms with Gasteiger partial charge in [0.05, 0.1) is 6.26 Å². The van der Waals surface area contributed by atoms with Crippen molar-refractivity contribution in [3.8, 4) is 0 Å². The van der Waals surface area contributed by atoms with Crippen molar-refractivity contribution in [2.75, 3.05) is 13.1 Å². The van der Waals surface area contributed by atoms with Crippen molar-refractivity contribution >= 4 is 12.2 Å². The maximum absolute atomic E-state index is 11.5. The van der Waals surface area contributed by atoms with Crippen LogP contribution in [-0.4, -0.2) is 24.1 Å². The van der Waals surface area contributed by atoms with Gasteiger partial charge in [-0.3, -0.25) is 0 Å². The first-order valence-electron chi connectivity index (χ1n) is 7.01. The third kappa shape index (κ3) is 3.73. The fourth-order valence-electron chi connectivity index (χ4n) is 2.43. The minimum Gasteiger partial charge on any atom is -0.419 e. The minimum absolute atomic E-state index is 0.290.